The zero-order valence-corrected chi connectivity index (χ0v) is 10.8. The van der Waals surface area contributed by atoms with E-state index in [1.165, 1.54) is 13.3 Å². The lowest BCUT2D eigenvalue weighted by Gasteiger charge is -2.10. The van der Waals surface area contributed by atoms with Gasteiger partial charge in [0, 0.05) is 6.54 Å². The van der Waals surface area contributed by atoms with Crippen LogP contribution >= 0.6 is 0 Å². The number of rotatable bonds is 5. The number of methoxy groups -OCH3 is 1. The van der Waals surface area contributed by atoms with Gasteiger partial charge in [-0.2, -0.15) is 4.98 Å². The van der Waals surface area contributed by atoms with Crippen molar-refractivity contribution in [2.45, 2.75) is 20.4 Å². The van der Waals surface area contributed by atoms with Crippen molar-refractivity contribution >= 4 is 11.9 Å². The molecule has 0 aliphatic carbocycles. The van der Waals surface area contributed by atoms with Crippen LogP contribution in [0.25, 0.3) is 0 Å². The highest BCUT2D eigenvalue weighted by molar-refractivity contribution is 5.83. The Morgan fingerprint density at radius 3 is 2.83 bits per heavy atom. The van der Waals surface area contributed by atoms with Crippen LogP contribution in [-0.4, -0.2) is 29.8 Å². The molecule has 1 heterocycles. The van der Waals surface area contributed by atoms with Gasteiger partial charge in [-0.25, -0.2) is 4.79 Å². The normalized spacial score (nSPS) is 10.3. The van der Waals surface area contributed by atoms with Crippen molar-refractivity contribution in [2.24, 2.45) is 11.7 Å². The Kier molecular flexibility index (Phi) is 5.31. The number of anilines is 1. The Morgan fingerprint density at radius 2 is 2.28 bits per heavy atom. The van der Waals surface area contributed by atoms with E-state index in [2.05, 4.69) is 15.3 Å². The third-order valence-corrected chi connectivity index (χ3v) is 1.98. The zero-order chi connectivity index (χ0) is 13.5. The fraction of sp³-hybridized carbons (Fsp3) is 0.545. The minimum atomic E-state index is -0.569. The lowest BCUT2D eigenvalue weighted by Crippen LogP contribution is -2.18. The van der Waals surface area contributed by atoms with Gasteiger partial charge in [0.2, 0.25) is 5.88 Å². The molecule has 0 aromatic carbocycles. The molecule has 0 aliphatic rings. The molecular weight excluding hydrogens is 236 g/mol. The molecule has 1 aromatic heterocycles. The van der Waals surface area contributed by atoms with Gasteiger partial charge >= 0.3 is 6.09 Å². The van der Waals surface area contributed by atoms with Crippen LogP contribution < -0.4 is 15.8 Å². The predicted molar refractivity (Wildman–Crippen MR) is 66.3 cm³/mol. The third kappa shape index (κ3) is 4.17. The molecule has 3 N–H and O–H groups in total. The Bertz CT molecular complexity index is 409. The summed E-state index contributed by atoms with van der Waals surface area (Å²) in [7, 11) is 1.46. The van der Waals surface area contributed by atoms with Crippen LogP contribution in [0.4, 0.5) is 10.6 Å². The molecule has 0 saturated heterocycles. The first-order valence-corrected chi connectivity index (χ1v) is 5.60. The maximum Gasteiger partial charge on any atom is 0.412 e. The first-order chi connectivity index (χ1) is 8.56. The van der Waals surface area contributed by atoms with E-state index in [0.717, 1.165) is 0 Å². The number of ether oxygens (including phenoxy) is 2. The van der Waals surface area contributed by atoms with Gasteiger partial charge < -0.3 is 15.2 Å². The van der Waals surface area contributed by atoms with Crippen molar-refractivity contribution < 1.29 is 14.3 Å². The fourth-order valence-electron chi connectivity index (χ4n) is 1.14. The minimum absolute atomic E-state index is 0.217. The van der Waals surface area contributed by atoms with E-state index in [-0.39, 0.29) is 18.3 Å². The minimum Gasteiger partial charge on any atom is -0.480 e. The highest BCUT2D eigenvalue weighted by Gasteiger charge is 2.10. The summed E-state index contributed by atoms with van der Waals surface area (Å²) in [6, 6.07) is 0. The van der Waals surface area contributed by atoms with Gasteiger partial charge in [0.25, 0.3) is 0 Å². The van der Waals surface area contributed by atoms with Crippen LogP contribution in [0.2, 0.25) is 0 Å². The number of hydrogen-bond acceptors (Lipinski definition) is 6. The summed E-state index contributed by atoms with van der Waals surface area (Å²) < 4.78 is 9.97. The van der Waals surface area contributed by atoms with Crippen LogP contribution in [0.1, 0.15) is 19.5 Å². The second-order valence-corrected chi connectivity index (χ2v) is 4.03. The average molecular weight is 254 g/mol. The number of aromatic nitrogens is 2. The summed E-state index contributed by atoms with van der Waals surface area (Å²) in [5.41, 5.74) is 5.99. The molecule has 1 amide bonds. The van der Waals surface area contributed by atoms with E-state index in [9.17, 15) is 4.79 Å². The molecule has 1 aromatic rings. The lowest BCUT2D eigenvalue weighted by atomic mass is 10.2. The smallest absolute Gasteiger partial charge is 0.412 e. The zero-order valence-electron chi connectivity index (χ0n) is 10.8. The number of nitrogens with two attached hydrogens (primary N) is 1. The molecule has 100 valence electrons. The lowest BCUT2D eigenvalue weighted by molar-refractivity contribution is 0.147. The maximum absolute atomic E-state index is 11.4. The van der Waals surface area contributed by atoms with E-state index in [1.54, 1.807) is 0 Å². The molecule has 7 nitrogen and oxygen atoms in total. The van der Waals surface area contributed by atoms with Gasteiger partial charge in [-0.3, -0.25) is 10.3 Å². The van der Waals surface area contributed by atoms with Crippen LogP contribution in [0.3, 0.4) is 0 Å². The third-order valence-electron chi connectivity index (χ3n) is 1.98. The molecule has 0 atom stereocenters. The maximum atomic E-state index is 11.4. The second-order valence-electron chi connectivity index (χ2n) is 4.03. The van der Waals surface area contributed by atoms with Crippen molar-refractivity contribution in [3.8, 4) is 5.88 Å². The number of amides is 1. The summed E-state index contributed by atoms with van der Waals surface area (Å²) in [6.07, 6.45) is 0.835. The molecule has 18 heavy (non-hydrogen) atoms. The molecule has 0 aliphatic heterocycles. The molecule has 0 radical (unpaired) electrons. The predicted octanol–water partition coefficient (Wildman–Crippen LogP) is 1.15. The van der Waals surface area contributed by atoms with Crippen molar-refractivity contribution in [1.29, 1.82) is 0 Å². The fourth-order valence-corrected chi connectivity index (χ4v) is 1.14. The van der Waals surface area contributed by atoms with Gasteiger partial charge in [-0.1, -0.05) is 13.8 Å². The largest absolute Gasteiger partial charge is 0.480 e. The van der Waals surface area contributed by atoms with Crippen LogP contribution in [0.5, 0.6) is 5.88 Å². The van der Waals surface area contributed by atoms with E-state index in [4.69, 9.17) is 15.2 Å². The summed E-state index contributed by atoms with van der Waals surface area (Å²) in [5, 5.41) is 2.47. The topological polar surface area (TPSA) is 99.4 Å². The van der Waals surface area contributed by atoms with E-state index >= 15 is 0 Å². The number of nitrogens with zero attached hydrogens (tertiary/aromatic N) is 2. The number of hydrogen-bond donors (Lipinski definition) is 2. The highest BCUT2D eigenvalue weighted by Crippen LogP contribution is 2.14. The van der Waals surface area contributed by atoms with Crippen LogP contribution in [0, 0.1) is 5.92 Å². The Hall–Kier alpha value is -1.89. The monoisotopic (exact) mass is 254 g/mol. The van der Waals surface area contributed by atoms with Crippen LogP contribution in [-0.2, 0) is 11.3 Å². The number of carbonyl (C=O) groups excluding carboxylic acids is 1. The van der Waals surface area contributed by atoms with Gasteiger partial charge in [-0.05, 0) is 5.92 Å². The average Bonchev–Trinajstić information content (AvgIpc) is 2.36. The number of carbonyl (C=O) groups is 1. The van der Waals surface area contributed by atoms with Gasteiger partial charge in [0.1, 0.15) is 5.69 Å². The first-order valence-electron chi connectivity index (χ1n) is 5.60. The Labute approximate surface area is 106 Å². The Morgan fingerprint density at radius 1 is 1.56 bits per heavy atom. The SMILES string of the molecule is COc1nc(NC(=O)OCC(C)C)cnc1CN. The molecule has 0 fully saturated rings. The standard InChI is InChI=1S/C11H18N4O3/c1-7(2)6-18-11(16)15-9-5-13-8(4-12)10(14-9)17-3/h5,7H,4,6,12H2,1-3H3,(H,14,15,16). The van der Waals surface area contributed by atoms with E-state index in [1.807, 2.05) is 13.8 Å². The molecule has 0 saturated carbocycles. The summed E-state index contributed by atoms with van der Waals surface area (Å²) in [6.45, 7) is 4.46. The van der Waals surface area contributed by atoms with Crippen molar-refractivity contribution in [3.05, 3.63) is 11.9 Å². The Balaban J connectivity index is 2.64. The second kappa shape index (κ2) is 6.75. The molecule has 1 rings (SSSR count). The van der Waals surface area contributed by atoms with Crippen molar-refractivity contribution in [3.63, 3.8) is 0 Å². The number of nitrogens with one attached hydrogen (secondary N) is 1. The first kappa shape index (κ1) is 14.2. The summed E-state index contributed by atoms with van der Waals surface area (Å²) in [4.78, 5) is 19.5. The van der Waals surface area contributed by atoms with Gasteiger partial charge in [0.05, 0.1) is 19.9 Å². The van der Waals surface area contributed by atoms with Gasteiger partial charge in [-0.15, -0.1) is 0 Å². The van der Waals surface area contributed by atoms with Gasteiger partial charge in [0.15, 0.2) is 5.82 Å². The summed E-state index contributed by atoms with van der Waals surface area (Å²) in [5.74, 6) is 0.827. The molecule has 0 bridgehead atoms. The highest BCUT2D eigenvalue weighted by atomic mass is 16.5. The molecule has 0 spiro atoms. The quantitative estimate of drug-likeness (QED) is 0.817. The van der Waals surface area contributed by atoms with E-state index < -0.39 is 6.09 Å². The van der Waals surface area contributed by atoms with Crippen molar-refractivity contribution in [1.82, 2.24) is 9.97 Å². The molecule has 7 heteroatoms. The molecule has 0 unspecified atom stereocenters. The molecular formula is C11H18N4O3. The van der Waals surface area contributed by atoms with Crippen molar-refractivity contribution in [2.75, 3.05) is 19.0 Å². The summed E-state index contributed by atoms with van der Waals surface area (Å²) >= 11 is 0. The van der Waals surface area contributed by atoms with Crippen LogP contribution in [0.15, 0.2) is 6.20 Å². The van der Waals surface area contributed by atoms with E-state index in [0.29, 0.717) is 18.2 Å².